The fraction of sp³-hybridized carbons (Fsp3) is 0.103. The van der Waals surface area contributed by atoms with E-state index in [1.165, 1.54) is 42.3 Å². The number of benzene rings is 3. The molecule has 0 spiro atoms. The lowest BCUT2D eigenvalue weighted by molar-refractivity contribution is 0.411. The first-order chi connectivity index (χ1) is 18.9. The lowest BCUT2D eigenvalue weighted by atomic mass is 10.2. The Morgan fingerprint density at radius 2 is 1.85 bits per heavy atom. The number of hydrogen-bond acceptors (Lipinski definition) is 7. The highest BCUT2D eigenvalue weighted by Crippen LogP contribution is 2.19. The highest BCUT2D eigenvalue weighted by Gasteiger charge is 2.16. The number of nitrogens with zero attached hydrogens (tertiary/aromatic N) is 4. The van der Waals surface area contributed by atoms with Crippen molar-refractivity contribution < 1.29 is 13.5 Å². The third-order valence-electron chi connectivity index (χ3n) is 5.89. The molecule has 0 fully saturated rings. The van der Waals surface area contributed by atoms with Crippen molar-refractivity contribution in [2.75, 3.05) is 24.7 Å². The molecule has 10 heteroatoms. The van der Waals surface area contributed by atoms with E-state index in [4.69, 9.17) is 10.5 Å². The predicted octanol–water partition coefficient (Wildman–Crippen LogP) is 4.10. The molecule has 0 radical (unpaired) electrons. The maximum absolute atomic E-state index is 14.6. The number of hydrogen-bond donors (Lipinski definition) is 2. The van der Waals surface area contributed by atoms with Crippen molar-refractivity contribution in [3.63, 3.8) is 0 Å². The standard InChI is InChI=1S/C29H22F2N6O2/c1-39-21-15-18(14-19(30)16-21)10-11-22-27(32)34-17-35-28(22)33-13-12-25-36-24-9-5-8-23(31)26(24)29(38)37(25)20-6-3-2-4-7-20/h2-9,14-17H,12-13H2,1H3,(H3,32,33,34,35). The summed E-state index contributed by atoms with van der Waals surface area (Å²) in [4.78, 5) is 26.2. The molecule has 39 heavy (non-hydrogen) atoms. The fourth-order valence-electron chi connectivity index (χ4n) is 4.08. The summed E-state index contributed by atoms with van der Waals surface area (Å²) in [5.74, 6) is 5.92. The van der Waals surface area contributed by atoms with E-state index in [0.29, 0.717) is 40.8 Å². The highest BCUT2D eigenvalue weighted by atomic mass is 19.1. The van der Waals surface area contributed by atoms with E-state index in [9.17, 15) is 13.6 Å². The maximum Gasteiger partial charge on any atom is 0.268 e. The smallest absolute Gasteiger partial charge is 0.268 e. The summed E-state index contributed by atoms with van der Waals surface area (Å²) < 4.78 is 34.9. The second-order valence-electron chi connectivity index (χ2n) is 8.43. The maximum atomic E-state index is 14.6. The number of rotatable bonds is 6. The second-order valence-corrected chi connectivity index (χ2v) is 8.43. The Balaban J connectivity index is 1.46. The summed E-state index contributed by atoms with van der Waals surface area (Å²) in [5.41, 5.74) is 7.12. The van der Waals surface area contributed by atoms with Crippen molar-refractivity contribution in [3.05, 3.63) is 112 Å². The second kappa shape index (κ2) is 11.0. The number of para-hydroxylation sites is 1. The molecular weight excluding hydrogens is 502 g/mol. The van der Waals surface area contributed by atoms with E-state index in [1.807, 2.05) is 6.07 Å². The van der Waals surface area contributed by atoms with E-state index in [-0.39, 0.29) is 23.1 Å². The first-order valence-electron chi connectivity index (χ1n) is 11.9. The molecule has 3 aromatic carbocycles. The van der Waals surface area contributed by atoms with E-state index >= 15 is 0 Å². The van der Waals surface area contributed by atoms with Gasteiger partial charge in [-0.2, -0.15) is 0 Å². The van der Waals surface area contributed by atoms with Crippen LogP contribution >= 0.6 is 0 Å². The molecule has 194 valence electrons. The largest absolute Gasteiger partial charge is 0.497 e. The molecule has 3 N–H and O–H groups in total. The third kappa shape index (κ3) is 5.38. The summed E-state index contributed by atoms with van der Waals surface area (Å²) >= 11 is 0. The van der Waals surface area contributed by atoms with Crippen molar-refractivity contribution in [2.24, 2.45) is 0 Å². The zero-order valence-corrected chi connectivity index (χ0v) is 20.8. The van der Waals surface area contributed by atoms with Crippen LogP contribution in [0.15, 0.2) is 77.9 Å². The van der Waals surface area contributed by atoms with Crippen LogP contribution in [-0.4, -0.2) is 33.2 Å². The lowest BCUT2D eigenvalue weighted by Crippen LogP contribution is -2.26. The number of aromatic nitrogens is 4. The molecule has 0 atom stereocenters. The van der Waals surface area contributed by atoms with Gasteiger partial charge in [0.1, 0.15) is 52.1 Å². The van der Waals surface area contributed by atoms with Gasteiger partial charge in [0.15, 0.2) is 0 Å². The van der Waals surface area contributed by atoms with Gasteiger partial charge in [0.05, 0.1) is 18.3 Å². The van der Waals surface area contributed by atoms with Crippen molar-refractivity contribution in [3.8, 4) is 23.3 Å². The predicted molar refractivity (Wildman–Crippen MR) is 145 cm³/mol. The molecule has 5 aromatic rings. The van der Waals surface area contributed by atoms with Gasteiger partial charge in [0.2, 0.25) is 0 Å². The van der Waals surface area contributed by atoms with Gasteiger partial charge in [-0.3, -0.25) is 9.36 Å². The topological polar surface area (TPSA) is 108 Å². The molecule has 2 aromatic heterocycles. The molecule has 0 saturated carbocycles. The zero-order valence-electron chi connectivity index (χ0n) is 20.8. The average molecular weight is 525 g/mol. The van der Waals surface area contributed by atoms with Crippen LogP contribution in [0.25, 0.3) is 16.6 Å². The molecule has 0 unspecified atom stereocenters. The van der Waals surface area contributed by atoms with E-state index in [2.05, 4.69) is 32.1 Å². The van der Waals surface area contributed by atoms with E-state index in [1.54, 1.807) is 36.4 Å². The van der Waals surface area contributed by atoms with Gasteiger partial charge in [-0.05, 0) is 36.4 Å². The zero-order chi connectivity index (χ0) is 27.4. The molecule has 0 saturated heterocycles. The van der Waals surface area contributed by atoms with Crippen LogP contribution in [0.3, 0.4) is 0 Å². The SMILES string of the molecule is COc1cc(F)cc(C#Cc2c(N)ncnc2NCCc2nc3cccc(F)c3c(=O)n2-c2ccccc2)c1. The molecular formula is C29H22F2N6O2. The van der Waals surface area contributed by atoms with Gasteiger partial charge >= 0.3 is 0 Å². The minimum Gasteiger partial charge on any atom is -0.497 e. The first-order valence-corrected chi connectivity index (χ1v) is 11.9. The van der Waals surface area contributed by atoms with Crippen LogP contribution < -0.4 is 21.3 Å². The van der Waals surface area contributed by atoms with Gasteiger partial charge in [-0.15, -0.1) is 0 Å². The van der Waals surface area contributed by atoms with Crippen LogP contribution in [0.1, 0.15) is 17.0 Å². The summed E-state index contributed by atoms with van der Waals surface area (Å²) in [6.07, 6.45) is 1.58. The van der Waals surface area contributed by atoms with Crippen LogP contribution in [0, 0.1) is 23.5 Å². The number of methoxy groups -OCH3 is 1. The minimum atomic E-state index is -0.630. The normalized spacial score (nSPS) is 10.6. The van der Waals surface area contributed by atoms with E-state index < -0.39 is 17.2 Å². The van der Waals surface area contributed by atoms with Crippen molar-refractivity contribution >= 4 is 22.5 Å². The molecule has 0 aliphatic rings. The summed E-state index contributed by atoms with van der Waals surface area (Å²) in [6.45, 7) is 0.291. The van der Waals surface area contributed by atoms with Crippen LogP contribution in [0.5, 0.6) is 5.75 Å². The average Bonchev–Trinajstić information content (AvgIpc) is 2.93. The number of halogens is 2. The van der Waals surface area contributed by atoms with Gasteiger partial charge in [-0.1, -0.05) is 36.1 Å². The van der Waals surface area contributed by atoms with Crippen molar-refractivity contribution in [1.29, 1.82) is 0 Å². The number of fused-ring (bicyclic) bond motifs is 1. The first kappa shape index (κ1) is 25.4. The Kier molecular flexibility index (Phi) is 7.14. The Labute approximate surface area is 222 Å². The summed E-state index contributed by atoms with van der Waals surface area (Å²) in [7, 11) is 1.44. The minimum absolute atomic E-state index is 0.0758. The molecule has 0 amide bonds. The Hall–Kier alpha value is -5.30. The quantitative estimate of drug-likeness (QED) is 0.322. The van der Waals surface area contributed by atoms with E-state index in [0.717, 1.165) is 0 Å². The Bertz CT molecular complexity index is 1800. The van der Waals surface area contributed by atoms with Gasteiger partial charge in [0.25, 0.3) is 5.56 Å². The van der Waals surface area contributed by atoms with Crippen LogP contribution in [0.2, 0.25) is 0 Å². The van der Waals surface area contributed by atoms with Crippen molar-refractivity contribution in [2.45, 2.75) is 6.42 Å². The van der Waals surface area contributed by atoms with Crippen LogP contribution in [0.4, 0.5) is 20.4 Å². The number of nitrogens with two attached hydrogens (primary N) is 1. The Morgan fingerprint density at radius 1 is 1.03 bits per heavy atom. The van der Waals surface area contributed by atoms with Crippen LogP contribution in [-0.2, 0) is 6.42 Å². The Morgan fingerprint density at radius 3 is 2.64 bits per heavy atom. The molecule has 2 heterocycles. The molecule has 8 nitrogen and oxygen atoms in total. The molecule has 0 bridgehead atoms. The summed E-state index contributed by atoms with van der Waals surface area (Å²) in [5, 5.41) is 3.09. The monoisotopic (exact) mass is 524 g/mol. The summed E-state index contributed by atoms with van der Waals surface area (Å²) in [6, 6.07) is 17.4. The number of anilines is 2. The lowest BCUT2D eigenvalue weighted by Gasteiger charge is -2.15. The molecule has 5 rings (SSSR count). The number of nitrogen functional groups attached to an aromatic ring is 1. The molecule has 0 aliphatic carbocycles. The number of ether oxygens (including phenoxy) is 1. The number of nitrogens with one attached hydrogen (secondary N) is 1. The van der Waals surface area contributed by atoms with Gasteiger partial charge < -0.3 is 15.8 Å². The van der Waals surface area contributed by atoms with Crippen molar-refractivity contribution in [1.82, 2.24) is 19.5 Å². The molecule has 0 aliphatic heterocycles. The fourth-order valence-corrected chi connectivity index (χ4v) is 4.08. The van der Waals surface area contributed by atoms with Gasteiger partial charge in [-0.25, -0.2) is 23.7 Å². The van der Waals surface area contributed by atoms with Gasteiger partial charge in [0, 0.05) is 24.6 Å². The highest BCUT2D eigenvalue weighted by molar-refractivity contribution is 5.78. The third-order valence-corrected chi connectivity index (χ3v) is 5.89.